The van der Waals surface area contributed by atoms with E-state index < -0.39 is 6.29 Å². The minimum absolute atomic E-state index is 0.0145. The first kappa shape index (κ1) is 9.41. The third-order valence-electron chi connectivity index (χ3n) is 1.56. The molecule has 0 aromatic heterocycles. The van der Waals surface area contributed by atoms with E-state index in [1.54, 1.807) is 0 Å². The van der Waals surface area contributed by atoms with Crippen molar-refractivity contribution in [3.05, 3.63) is 0 Å². The van der Waals surface area contributed by atoms with Crippen LogP contribution in [0.2, 0.25) is 0 Å². The molecule has 1 rings (SSSR count). The Morgan fingerprint density at radius 3 is 3.00 bits per heavy atom. The lowest BCUT2D eigenvalue weighted by molar-refractivity contribution is -0.110. The maximum Gasteiger partial charge on any atom is 0.171 e. The summed E-state index contributed by atoms with van der Waals surface area (Å²) in [6.45, 7) is 3.11. The fraction of sp³-hybridized carbons (Fsp3) is 1.00. The molecule has 0 aliphatic carbocycles. The minimum Gasteiger partial charge on any atom is -0.367 e. The molecule has 1 aliphatic rings. The van der Waals surface area contributed by atoms with Crippen molar-refractivity contribution in [1.29, 1.82) is 0 Å². The molecule has 66 valence electrons. The number of hydrogen-bond acceptors (Lipinski definition) is 4. The first-order chi connectivity index (χ1) is 5.24. The lowest BCUT2D eigenvalue weighted by Gasteiger charge is -2.16. The highest BCUT2D eigenvalue weighted by molar-refractivity contribution is 9.09. The van der Waals surface area contributed by atoms with Gasteiger partial charge in [-0.1, -0.05) is 15.9 Å². The molecule has 11 heavy (non-hydrogen) atoms. The molecule has 3 atom stereocenters. The summed E-state index contributed by atoms with van der Waals surface area (Å²) < 4.78 is 5.01. The Morgan fingerprint density at radius 2 is 2.55 bits per heavy atom. The molecule has 1 fully saturated rings. The molecule has 1 heterocycles. The lowest BCUT2D eigenvalue weighted by Crippen LogP contribution is -2.39. The number of halogens is 1. The van der Waals surface area contributed by atoms with Crippen molar-refractivity contribution in [2.75, 3.05) is 13.2 Å². The van der Waals surface area contributed by atoms with Crippen molar-refractivity contribution in [2.24, 2.45) is 0 Å². The van der Waals surface area contributed by atoms with Gasteiger partial charge in [0.25, 0.3) is 0 Å². The molecule has 3 N–H and O–H groups in total. The Bertz CT molecular complexity index is 125. The molecule has 0 amide bonds. The first-order valence-corrected chi connectivity index (χ1v) is 4.58. The van der Waals surface area contributed by atoms with Crippen molar-refractivity contribution >= 4 is 15.9 Å². The third-order valence-corrected chi connectivity index (χ3v) is 2.15. The van der Waals surface area contributed by atoms with Gasteiger partial charge in [-0.15, -0.1) is 0 Å². The van der Waals surface area contributed by atoms with Gasteiger partial charge in [0.2, 0.25) is 0 Å². The molecule has 3 unspecified atom stereocenters. The Hall–Kier alpha value is 0.320. The van der Waals surface area contributed by atoms with Crippen LogP contribution in [0.1, 0.15) is 6.92 Å². The fourth-order valence-corrected chi connectivity index (χ4v) is 1.53. The second-order valence-electron chi connectivity index (χ2n) is 2.39. The highest BCUT2D eigenvalue weighted by atomic mass is 79.9. The Kier molecular flexibility index (Phi) is 3.74. The quantitative estimate of drug-likeness (QED) is 0.347. The molecule has 0 aromatic rings. The summed E-state index contributed by atoms with van der Waals surface area (Å²) in [6.07, 6.45) is -0.713. The molecule has 1 aliphatic heterocycles. The molecule has 0 aromatic carbocycles. The van der Waals surface area contributed by atoms with E-state index >= 15 is 0 Å². The number of aliphatic hydroxyl groups excluding tert-OH is 1. The zero-order valence-corrected chi connectivity index (χ0v) is 7.97. The standard InChI is InChI=1S/C6H13BrN2O2/c1-2-11-5(10)4-3-8-6(7)9-4/h4-6,8-10H,2-3H2,1H3. The van der Waals surface area contributed by atoms with E-state index in [0.29, 0.717) is 6.61 Å². The van der Waals surface area contributed by atoms with Gasteiger partial charge in [0, 0.05) is 13.2 Å². The zero-order valence-electron chi connectivity index (χ0n) is 6.38. The minimum atomic E-state index is -0.713. The predicted octanol–water partition coefficient (Wildman–Crippen LogP) is -0.419. The maximum atomic E-state index is 9.32. The molecule has 0 bridgehead atoms. The molecule has 0 radical (unpaired) electrons. The van der Waals surface area contributed by atoms with E-state index in [1.165, 1.54) is 0 Å². The summed E-state index contributed by atoms with van der Waals surface area (Å²) in [6, 6.07) is -0.0145. The summed E-state index contributed by atoms with van der Waals surface area (Å²) in [5.74, 6) is 0. The summed E-state index contributed by atoms with van der Waals surface area (Å²) in [4.78, 5) is 0. The lowest BCUT2D eigenvalue weighted by atomic mass is 10.3. The van der Waals surface area contributed by atoms with E-state index in [9.17, 15) is 5.11 Å². The van der Waals surface area contributed by atoms with Gasteiger partial charge in [0.05, 0.1) is 6.04 Å². The van der Waals surface area contributed by atoms with Crippen LogP contribution in [-0.2, 0) is 4.74 Å². The first-order valence-electron chi connectivity index (χ1n) is 3.67. The summed E-state index contributed by atoms with van der Waals surface area (Å²) >= 11 is 3.31. The van der Waals surface area contributed by atoms with E-state index in [0.717, 1.165) is 6.54 Å². The average molecular weight is 225 g/mol. The predicted molar refractivity (Wildman–Crippen MR) is 45.3 cm³/mol. The number of alkyl halides is 1. The van der Waals surface area contributed by atoms with E-state index in [4.69, 9.17) is 4.74 Å². The highest BCUT2D eigenvalue weighted by Crippen LogP contribution is 2.05. The molecule has 0 saturated carbocycles. The second kappa shape index (κ2) is 4.37. The Labute approximate surface area is 74.4 Å². The number of hydrogen-bond donors (Lipinski definition) is 3. The van der Waals surface area contributed by atoms with Gasteiger partial charge in [0.15, 0.2) is 6.29 Å². The molecule has 1 saturated heterocycles. The van der Waals surface area contributed by atoms with Crippen molar-refractivity contribution in [3.63, 3.8) is 0 Å². The molecule has 4 nitrogen and oxygen atoms in total. The average Bonchev–Trinajstić information content (AvgIpc) is 2.36. The molecular weight excluding hydrogens is 212 g/mol. The fourth-order valence-electron chi connectivity index (χ4n) is 1.01. The van der Waals surface area contributed by atoms with Gasteiger partial charge >= 0.3 is 0 Å². The monoisotopic (exact) mass is 224 g/mol. The number of rotatable bonds is 3. The van der Waals surface area contributed by atoms with Crippen LogP contribution in [-0.4, -0.2) is 35.7 Å². The van der Waals surface area contributed by atoms with Crippen molar-refractivity contribution in [1.82, 2.24) is 10.6 Å². The van der Waals surface area contributed by atoms with Crippen molar-refractivity contribution in [2.45, 2.75) is 24.3 Å². The van der Waals surface area contributed by atoms with Crippen molar-refractivity contribution < 1.29 is 9.84 Å². The Balaban J connectivity index is 2.25. The summed E-state index contributed by atoms with van der Waals surface area (Å²) in [7, 11) is 0. The normalized spacial score (nSPS) is 34.1. The van der Waals surface area contributed by atoms with Crippen LogP contribution in [0, 0.1) is 0 Å². The van der Waals surface area contributed by atoms with Gasteiger partial charge < -0.3 is 9.84 Å². The Morgan fingerprint density at radius 1 is 1.82 bits per heavy atom. The van der Waals surface area contributed by atoms with Gasteiger partial charge in [-0.05, 0) is 6.92 Å². The van der Waals surface area contributed by atoms with E-state index in [1.807, 2.05) is 6.92 Å². The second-order valence-corrected chi connectivity index (χ2v) is 3.31. The van der Waals surface area contributed by atoms with Crippen LogP contribution in [0.3, 0.4) is 0 Å². The van der Waals surface area contributed by atoms with Crippen LogP contribution >= 0.6 is 15.9 Å². The molecular formula is C6H13BrN2O2. The largest absolute Gasteiger partial charge is 0.367 e. The maximum absolute atomic E-state index is 9.32. The zero-order chi connectivity index (χ0) is 8.27. The van der Waals surface area contributed by atoms with Gasteiger partial charge in [-0.2, -0.15) is 0 Å². The third kappa shape index (κ3) is 2.68. The molecule has 5 heteroatoms. The van der Waals surface area contributed by atoms with Gasteiger partial charge in [-0.3, -0.25) is 10.6 Å². The van der Waals surface area contributed by atoms with E-state index in [-0.39, 0.29) is 11.1 Å². The highest BCUT2D eigenvalue weighted by Gasteiger charge is 2.27. The summed E-state index contributed by atoms with van der Waals surface area (Å²) in [5, 5.41) is 15.6. The topological polar surface area (TPSA) is 53.5 Å². The van der Waals surface area contributed by atoms with Crippen LogP contribution < -0.4 is 10.6 Å². The number of aliphatic hydroxyl groups is 1. The van der Waals surface area contributed by atoms with Crippen molar-refractivity contribution in [3.8, 4) is 0 Å². The number of nitrogens with one attached hydrogen (secondary N) is 2. The van der Waals surface area contributed by atoms with Gasteiger partial charge in [-0.25, -0.2) is 0 Å². The molecule has 0 spiro atoms. The van der Waals surface area contributed by atoms with Crippen LogP contribution in [0.25, 0.3) is 0 Å². The van der Waals surface area contributed by atoms with Crippen LogP contribution in [0.4, 0.5) is 0 Å². The summed E-state index contributed by atoms with van der Waals surface area (Å²) in [5.41, 5.74) is 0. The van der Waals surface area contributed by atoms with Gasteiger partial charge in [0.1, 0.15) is 5.08 Å². The SMILES string of the molecule is CCOC(O)C1CNC(Br)N1. The smallest absolute Gasteiger partial charge is 0.171 e. The number of ether oxygens (including phenoxy) is 1. The van der Waals surface area contributed by atoms with Crippen LogP contribution in [0.15, 0.2) is 0 Å². The van der Waals surface area contributed by atoms with E-state index in [2.05, 4.69) is 26.6 Å². The van der Waals surface area contributed by atoms with Crippen LogP contribution in [0.5, 0.6) is 0 Å².